The van der Waals surface area contributed by atoms with Crippen molar-refractivity contribution in [1.82, 2.24) is 15.8 Å². The number of hydrazine groups is 1. The highest BCUT2D eigenvalue weighted by molar-refractivity contribution is 5.94. The molecular weight excluding hydrogens is 406 g/mol. The van der Waals surface area contributed by atoms with Crippen molar-refractivity contribution in [2.45, 2.75) is 58.7 Å². The first-order chi connectivity index (χ1) is 15.1. The van der Waals surface area contributed by atoms with E-state index in [1.807, 2.05) is 69.3 Å². The number of carbonyl (C=O) groups is 3. The van der Waals surface area contributed by atoms with Crippen LogP contribution in [0.5, 0.6) is 5.75 Å². The van der Waals surface area contributed by atoms with Crippen molar-refractivity contribution < 1.29 is 19.1 Å². The summed E-state index contributed by atoms with van der Waals surface area (Å²) >= 11 is 0. The molecule has 32 heavy (non-hydrogen) atoms. The molecule has 7 nitrogen and oxygen atoms in total. The average Bonchev–Trinajstić information content (AvgIpc) is 2.76. The van der Waals surface area contributed by atoms with Crippen molar-refractivity contribution >= 4 is 17.7 Å². The van der Waals surface area contributed by atoms with E-state index >= 15 is 0 Å². The molecule has 170 valence electrons. The molecule has 0 aromatic heterocycles. The lowest BCUT2D eigenvalue weighted by Gasteiger charge is -2.45. The van der Waals surface area contributed by atoms with Gasteiger partial charge in [0.05, 0.1) is 6.42 Å². The van der Waals surface area contributed by atoms with Gasteiger partial charge in [0.2, 0.25) is 18.0 Å². The van der Waals surface area contributed by atoms with Gasteiger partial charge in [-0.1, -0.05) is 69.3 Å². The normalized spacial score (nSPS) is 17.7. The second-order valence-corrected chi connectivity index (χ2v) is 9.20. The van der Waals surface area contributed by atoms with Crippen LogP contribution in [0.25, 0.3) is 0 Å². The van der Waals surface area contributed by atoms with Crippen molar-refractivity contribution in [2.24, 2.45) is 5.41 Å². The number of aryl methyl sites for hydroxylation is 1. The molecule has 0 saturated carbocycles. The van der Waals surface area contributed by atoms with Gasteiger partial charge in [0.25, 0.3) is 5.91 Å². The molecule has 1 saturated heterocycles. The van der Waals surface area contributed by atoms with Crippen LogP contribution in [-0.2, 0) is 20.8 Å². The maximum absolute atomic E-state index is 13.3. The van der Waals surface area contributed by atoms with Crippen LogP contribution in [0, 0.1) is 5.41 Å². The standard InChI is InChI=1S/C25H31N3O4/c1-24(2,3)25(4,26-20(29)16-15-18-11-7-5-8-12-18)23(31)27-28-21(30)17-22(28)32-19-13-9-6-10-14-19/h5-14,22H,15-17H2,1-4H3,(H,26,29)(H,27,31)/t22?,25-/m1/s1. The molecule has 7 heteroatoms. The molecule has 0 bridgehead atoms. The molecule has 3 amide bonds. The Kier molecular flexibility index (Phi) is 6.87. The smallest absolute Gasteiger partial charge is 0.264 e. The quantitative estimate of drug-likeness (QED) is 0.621. The van der Waals surface area contributed by atoms with Gasteiger partial charge in [-0.2, -0.15) is 0 Å². The number of para-hydroxylation sites is 1. The summed E-state index contributed by atoms with van der Waals surface area (Å²) in [5, 5.41) is 4.10. The largest absolute Gasteiger partial charge is 0.468 e. The molecule has 0 aliphatic carbocycles. The van der Waals surface area contributed by atoms with E-state index < -0.39 is 23.1 Å². The summed E-state index contributed by atoms with van der Waals surface area (Å²) in [6.45, 7) is 7.31. The Balaban J connectivity index is 1.65. The van der Waals surface area contributed by atoms with Crippen LogP contribution in [-0.4, -0.2) is 34.5 Å². The van der Waals surface area contributed by atoms with Gasteiger partial charge in [-0.15, -0.1) is 0 Å². The van der Waals surface area contributed by atoms with Crippen LogP contribution in [0.2, 0.25) is 0 Å². The van der Waals surface area contributed by atoms with Crippen LogP contribution < -0.4 is 15.5 Å². The average molecular weight is 438 g/mol. The van der Waals surface area contributed by atoms with Crippen LogP contribution in [0.1, 0.15) is 46.1 Å². The third kappa shape index (κ3) is 5.28. The fourth-order valence-electron chi connectivity index (χ4n) is 3.32. The van der Waals surface area contributed by atoms with E-state index in [1.165, 1.54) is 5.01 Å². The number of rotatable bonds is 8. The number of amides is 3. The molecule has 1 aliphatic heterocycles. The zero-order valence-corrected chi connectivity index (χ0v) is 19.1. The van der Waals surface area contributed by atoms with Crippen LogP contribution >= 0.6 is 0 Å². The molecule has 1 unspecified atom stereocenters. The van der Waals surface area contributed by atoms with Crippen LogP contribution in [0.3, 0.4) is 0 Å². The van der Waals surface area contributed by atoms with Gasteiger partial charge in [-0.25, -0.2) is 5.01 Å². The third-order valence-corrected chi connectivity index (χ3v) is 5.97. The summed E-state index contributed by atoms with van der Waals surface area (Å²) in [7, 11) is 0. The Hall–Kier alpha value is -3.35. The number of carbonyl (C=O) groups excluding carboxylic acids is 3. The zero-order chi connectivity index (χ0) is 23.4. The molecule has 1 heterocycles. The van der Waals surface area contributed by atoms with Gasteiger partial charge in [-0.05, 0) is 36.5 Å². The van der Waals surface area contributed by atoms with Crippen molar-refractivity contribution in [1.29, 1.82) is 0 Å². The molecule has 1 fully saturated rings. The van der Waals surface area contributed by atoms with E-state index in [4.69, 9.17) is 4.74 Å². The van der Waals surface area contributed by atoms with E-state index in [0.717, 1.165) is 5.56 Å². The minimum Gasteiger partial charge on any atom is -0.468 e. The Morgan fingerprint density at radius 3 is 2.16 bits per heavy atom. The second kappa shape index (κ2) is 9.42. The van der Waals surface area contributed by atoms with Gasteiger partial charge in [-0.3, -0.25) is 19.8 Å². The SMILES string of the molecule is CC(C)(C)[C@](C)(NC(=O)CCc1ccccc1)C(=O)NN1C(=O)CC1Oc1ccccc1. The summed E-state index contributed by atoms with van der Waals surface area (Å²) in [4.78, 5) is 38.2. The lowest BCUT2D eigenvalue weighted by atomic mass is 9.74. The van der Waals surface area contributed by atoms with Crippen molar-refractivity contribution in [3.63, 3.8) is 0 Å². The van der Waals surface area contributed by atoms with Crippen molar-refractivity contribution in [3.8, 4) is 5.75 Å². The number of ether oxygens (including phenoxy) is 1. The number of hydrogen-bond donors (Lipinski definition) is 2. The highest BCUT2D eigenvalue weighted by Gasteiger charge is 2.49. The van der Waals surface area contributed by atoms with Gasteiger partial charge in [0, 0.05) is 6.42 Å². The number of hydrogen-bond acceptors (Lipinski definition) is 4. The minimum absolute atomic E-state index is 0.171. The number of β-lactam (4-membered cyclic amide) rings is 1. The van der Waals surface area contributed by atoms with Crippen molar-refractivity contribution in [2.75, 3.05) is 0 Å². The molecule has 1 aliphatic rings. The first-order valence-electron chi connectivity index (χ1n) is 10.8. The van der Waals surface area contributed by atoms with E-state index in [0.29, 0.717) is 12.2 Å². The fourth-order valence-corrected chi connectivity index (χ4v) is 3.32. The molecule has 3 rings (SSSR count). The molecule has 2 atom stereocenters. The summed E-state index contributed by atoms with van der Waals surface area (Å²) in [6.07, 6.45) is 0.411. The number of nitrogens with zero attached hydrogens (tertiary/aromatic N) is 1. The van der Waals surface area contributed by atoms with Gasteiger partial charge in [0.15, 0.2) is 0 Å². The maximum atomic E-state index is 13.3. The summed E-state index contributed by atoms with van der Waals surface area (Å²) in [5.74, 6) is -0.329. The monoisotopic (exact) mass is 437 g/mol. The fraction of sp³-hybridized carbons (Fsp3) is 0.400. The lowest BCUT2D eigenvalue weighted by molar-refractivity contribution is -0.175. The van der Waals surface area contributed by atoms with Gasteiger partial charge in [0.1, 0.15) is 11.3 Å². The molecule has 2 aromatic carbocycles. The van der Waals surface area contributed by atoms with E-state index in [2.05, 4.69) is 10.7 Å². The zero-order valence-electron chi connectivity index (χ0n) is 19.1. The van der Waals surface area contributed by atoms with E-state index in [9.17, 15) is 14.4 Å². The summed E-state index contributed by atoms with van der Waals surface area (Å²) in [6, 6.07) is 18.8. The Bertz CT molecular complexity index is 956. The maximum Gasteiger partial charge on any atom is 0.264 e. The number of nitrogens with one attached hydrogen (secondary N) is 2. The highest BCUT2D eigenvalue weighted by atomic mass is 16.5. The predicted molar refractivity (Wildman–Crippen MR) is 121 cm³/mol. The topological polar surface area (TPSA) is 87.7 Å². The number of benzene rings is 2. The Labute approximate surface area is 189 Å². The van der Waals surface area contributed by atoms with E-state index in [1.54, 1.807) is 19.1 Å². The molecule has 2 aromatic rings. The third-order valence-electron chi connectivity index (χ3n) is 5.97. The molecule has 0 radical (unpaired) electrons. The second-order valence-electron chi connectivity index (χ2n) is 9.20. The molecular formula is C25H31N3O4. The van der Waals surface area contributed by atoms with Gasteiger partial charge < -0.3 is 10.1 Å². The highest BCUT2D eigenvalue weighted by Crippen LogP contribution is 2.31. The predicted octanol–water partition coefficient (Wildman–Crippen LogP) is 3.21. The van der Waals surface area contributed by atoms with Crippen LogP contribution in [0.15, 0.2) is 60.7 Å². The van der Waals surface area contributed by atoms with Gasteiger partial charge >= 0.3 is 0 Å². The van der Waals surface area contributed by atoms with Crippen molar-refractivity contribution in [3.05, 3.63) is 66.2 Å². The summed E-state index contributed by atoms with van der Waals surface area (Å²) in [5.41, 5.74) is 1.87. The molecule has 0 spiro atoms. The molecule has 2 N–H and O–H groups in total. The van der Waals surface area contributed by atoms with E-state index in [-0.39, 0.29) is 24.7 Å². The first-order valence-corrected chi connectivity index (χ1v) is 10.8. The van der Waals surface area contributed by atoms with Crippen LogP contribution in [0.4, 0.5) is 0 Å². The first kappa shape index (κ1) is 23.3. The Morgan fingerprint density at radius 1 is 1.00 bits per heavy atom. The minimum atomic E-state index is -1.24. The Morgan fingerprint density at radius 2 is 1.59 bits per heavy atom. The summed E-state index contributed by atoms with van der Waals surface area (Å²) < 4.78 is 5.80. The lowest BCUT2D eigenvalue weighted by Crippen LogP contribution is -2.70.